The first-order chi connectivity index (χ1) is 8.42. The van der Waals surface area contributed by atoms with Crippen molar-refractivity contribution in [1.82, 2.24) is 0 Å². The second-order valence-corrected chi connectivity index (χ2v) is 5.39. The van der Waals surface area contributed by atoms with E-state index in [-0.39, 0.29) is 6.54 Å². The van der Waals surface area contributed by atoms with E-state index in [0.717, 1.165) is 17.5 Å². The molecule has 0 bridgehead atoms. The first-order valence-electron chi connectivity index (χ1n) is 6.43. The summed E-state index contributed by atoms with van der Waals surface area (Å²) in [5.74, 6) is -0.352. The van der Waals surface area contributed by atoms with Crippen LogP contribution in [0.25, 0.3) is 0 Å². The highest BCUT2D eigenvalue weighted by Gasteiger charge is 2.38. The molecule has 3 heteroatoms. The van der Waals surface area contributed by atoms with Crippen molar-refractivity contribution in [2.75, 3.05) is 6.54 Å². The fraction of sp³-hybridized carbons (Fsp3) is 0.533. The SMILES string of the molecule is Cc1ccc(C(CN)(CCC(C)C)C(=O)O)cc1. The van der Waals surface area contributed by atoms with Gasteiger partial charge in [0.1, 0.15) is 5.41 Å². The zero-order valence-electron chi connectivity index (χ0n) is 11.4. The van der Waals surface area contributed by atoms with Gasteiger partial charge in [0.25, 0.3) is 0 Å². The molecule has 0 saturated heterocycles. The van der Waals surface area contributed by atoms with Crippen molar-refractivity contribution in [3.05, 3.63) is 35.4 Å². The van der Waals surface area contributed by atoms with Gasteiger partial charge in [0.15, 0.2) is 0 Å². The van der Waals surface area contributed by atoms with Crippen LogP contribution in [0.1, 0.15) is 37.8 Å². The minimum absolute atomic E-state index is 0.137. The number of hydrogen-bond acceptors (Lipinski definition) is 2. The molecule has 1 aromatic carbocycles. The molecular formula is C15H23NO2. The van der Waals surface area contributed by atoms with E-state index in [1.807, 2.05) is 31.2 Å². The van der Waals surface area contributed by atoms with Gasteiger partial charge < -0.3 is 10.8 Å². The van der Waals surface area contributed by atoms with Gasteiger partial charge in [0.2, 0.25) is 0 Å². The lowest BCUT2D eigenvalue weighted by atomic mass is 9.75. The van der Waals surface area contributed by atoms with Crippen molar-refractivity contribution in [3.8, 4) is 0 Å². The van der Waals surface area contributed by atoms with E-state index >= 15 is 0 Å². The van der Waals surface area contributed by atoms with Gasteiger partial charge in [0.05, 0.1) is 0 Å². The molecule has 0 radical (unpaired) electrons. The van der Waals surface area contributed by atoms with Crippen molar-refractivity contribution in [3.63, 3.8) is 0 Å². The fourth-order valence-corrected chi connectivity index (χ4v) is 2.09. The molecule has 3 N–H and O–H groups in total. The van der Waals surface area contributed by atoms with Gasteiger partial charge in [-0.1, -0.05) is 43.7 Å². The summed E-state index contributed by atoms with van der Waals surface area (Å²) in [6, 6.07) is 7.66. The standard InChI is InChI=1S/C15H23NO2/c1-11(2)8-9-15(10-16,14(17)18)13-6-4-12(3)5-7-13/h4-7,11H,8-10,16H2,1-3H3,(H,17,18). The van der Waals surface area contributed by atoms with Crippen LogP contribution in [0.5, 0.6) is 0 Å². The molecule has 0 heterocycles. The molecule has 0 saturated carbocycles. The Morgan fingerprint density at radius 3 is 2.28 bits per heavy atom. The van der Waals surface area contributed by atoms with Gasteiger partial charge >= 0.3 is 5.97 Å². The number of carboxylic acids is 1. The summed E-state index contributed by atoms with van der Waals surface area (Å²) in [5.41, 5.74) is 6.77. The van der Waals surface area contributed by atoms with Gasteiger partial charge in [-0.25, -0.2) is 0 Å². The molecule has 0 aliphatic rings. The van der Waals surface area contributed by atoms with Crippen LogP contribution in [0, 0.1) is 12.8 Å². The molecule has 1 atom stereocenters. The summed E-state index contributed by atoms with van der Waals surface area (Å²) < 4.78 is 0. The smallest absolute Gasteiger partial charge is 0.315 e. The third-order valence-corrected chi connectivity index (χ3v) is 3.51. The maximum absolute atomic E-state index is 11.7. The number of benzene rings is 1. The van der Waals surface area contributed by atoms with E-state index in [4.69, 9.17) is 5.73 Å². The van der Waals surface area contributed by atoms with Crippen molar-refractivity contribution < 1.29 is 9.90 Å². The molecule has 0 aliphatic carbocycles. The third-order valence-electron chi connectivity index (χ3n) is 3.51. The second-order valence-electron chi connectivity index (χ2n) is 5.39. The number of aliphatic carboxylic acids is 1. The number of carboxylic acid groups (broad SMARTS) is 1. The maximum atomic E-state index is 11.7. The molecular weight excluding hydrogens is 226 g/mol. The first-order valence-corrected chi connectivity index (χ1v) is 6.43. The lowest BCUT2D eigenvalue weighted by Gasteiger charge is -2.29. The first kappa shape index (κ1) is 14.7. The Balaban J connectivity index is 3.10. The van der Waals surface area contributed by atoms with Crippen LogP contribution in [-0.2, 0) is 10.2 Å². The van der Waals surface area contributed by atoms with E-state index < -0.39 is 11.4 Å². The molecule has 100 valence electrons. The maximum Gasteiger partial charge on any atom is 0.315 e. The Morgan fingerprint density at radius 1 is 1.33 bits per heavy atom. The molecule has 1 aromatic rings. The van der Waals surface area contributed by atoms with Crippen LogP contribution in [-0.4, -0.2) is 17.6 Å². The third kappa shape index (κ3) is 3.10. The summed E-state index contributed by atoms with van der Waals surface area (Å²) in [5, 5.41) is 9.58. The Kier molecular flexibility index (Phi) is 4.91. The van der Waals surface area contributed by atoms with Crippen LogP contribution in [0.2, 0.25) is 0 Å². The monoisotopic (exact) mass is 249 g/mol. The minimum Gasteiger partial charge on any atom is -0.481 e. The van der Waals surface area contributed by atoms with Gasteiger partial charge in [-0.2, -0.15) is 0 Å². The van der Waals surface area contributed by atoms with Crippen LogP contribution < -0.4 is 5.73 Å². The molecule has 1 unspecified atom stereocenters. The van der Waals surface area contributed by atoms with E-state index in [9.17, 15) is 9.90 Å². The highest BCUT2D eigenvalue weighted by molar-refractivity contribution is 5.81. The number of carbonyl (C=O) groups is 1. The molecule has 3 nitrogen and oxygen atoms in total. The zero-order chi connectivity index (χ0) is 13.8. The van der Waals surface area contributed by atoms with Gasteiger partial charge in [-0.15, -0.1) is 0 Å². The number of aryl methyl sites for hydroxylation is 1. The van der Waals surface area contributed by atoms with Crippen LogP contribution in [0.15, 0.2) is 24.3 Å². The highest BCUT2D eigenvalue weighted by Crippen LogP contribution is 2.30. The van der Waals surface area contributed by atoms with Crippen molar-refractivity contribution in [2.24, 2.45) is 11.7 Å². The van der Waals surface area contributed by atoms with E-state index in [0.29, 0.717) is 12.3 Å². The van der Waals surface area contributed by atoms with Gasteiger partial charge in [-0.3, -0.25) is 4.79 Å². The average Bonchev–Trinajstić information content (AvgIpc) is 2.31. The highest BCUT2D eigenvalue weighted by atomic mass is 16.4. The van der Waals surface area contributed by atoms with Crippen molar-refractivity contribution >= 4 is 5.97 Å². The molecule has 0 aliphatic heterocycles. The Hall–Kier alpha value is -1.35. The molecule has 18 heavy (non-hydrogen) atoms. The Bertz CT molecular complexity index is 397. The van der Waals surface area contributed by atoms with E-state index in [1.54, 1.807) is 0 Å². The quantitative estimate of drug-likeness (QED) is 0.814. The largest absolute Gasteiger partial charge is 0.481 e. The number of hydrogen-bond donors (Lipinski definition) is 2. The lowest BCUT2D eigenvalue weighted by molar-refractivity contribution is -0.143. The number of rotatable bonds is 6. The van der Waals surface area contributed by atoms with Crippen LogP contribution in [0.3, 0.4) is 0 Å². The van der Waals surface area contributed by atoms with Crippen LogP contribution in [0.4, 0.5) is 0 Å². The normalized spacial score (nSPS) is 14.5. The van der Waals surface area contributed by atoms with Crippen molar-refractivity contribution in [1.29, 1.82) is 0 Å². The minimum atomic E-state index is -0.946. The fourth-order valence-electron chi connectivity index (χ4n) is 2.09. The number of nitrogens with two attached hydrogens (primary N) is 1. The molecule has 0 amide bonds. The molecule has 0 aromatic heterocycles. The topological polar surface area (TPSA) is 63.3 Å². The predicted octanol–water partition coefficient (Wildman–Crippen LogP) is 2.71. The Morgan fingerprint density at radius 2 is 1.89 bits per heavy atom. The van der Waals surface area contributed by atoms with Gasteiger partial charge in [0, 0.05) is 6.54 Å². The van der Waals surface area contributed by atoms with E-state index in [2.05, 4.69) is 13.8 Å². The zero-order valence-corrected chi connectivity index (χ0v) is 11.4. The second kappa shape index (κ2) is 6.01. The summed E-state index contributed by atoms with van der Waals surface area (Å²) in [7, 11) is 0. The van der Waals surface area contributed by atoms with Gasteiger partial charge in [-0.05, 0) is 31.2 Å². The Labute approximate surface area is 109 Å². The molecule has 0 fully saturated rings. The lowest BCUT2D eigenvalue weighted by Crippen LogP contribution is -2.43. The molecule has 1 rings (SSSR count). The summed E-state index contributed by atoms with van der Waals surface area (Å²) in [4.78, 5) is 11.7. The van der Waals surface area contributed by atoms with Crippen molar-refractivity contribution in [2.45, 2.75) is 39.0 Å². The molecule has 0 spiro atoms. The summed E-state index contributed by atoms with van der Waals surface area (Å²) >= 11 is 0. The van der Waals surface area contributed by atoms with Crippen LogP contribution >= 0.6 is 0 Å². The average molecular weight is 249 g/mol. The van der Waals surface area contributed by atoms with E-state index in [1.165, 1.54) is 0 Å². The summed E-state index contributed by atoms with van der Waals surface area (Å²) in [6.07, 6.45) is 1.44. The summed E-state index contributed by atoms with van der Waals surface area (Å²) in [6.45, 7) is 6.32. The predicted molar refractivity (Wildman–Crippen MR) is 73.6 cm³/mol.